The first-order chi connectivity index (χ1) is 8.93. The molecule has 1 heterocycles. The summed E-state index contributed by atoms with van der Waals surface area (Å²) in [6, 6.07) is 0.191. The lowest BCUT2D eigenvalue weighted by Gasteiger charge is -2.42. The van der Waals surface area contributed by atoms with Crippen molar-refractivity contribution in [3.8, 4) is 0 Å². The van der Waals surface area contributed by atoms with Crippen molar-refractivity contribution in [3.05, 3.63) is 0 Å². The van der Waals surface area contributed by atoms with Gasteiger partial charge in [-0.15, -0.1) is 0 Å². The molecule has 19 heavy (non-hydrogen) atoms. The van der Waals surface area contributed by atoms with Gasteiger partial charge in [-0.3, -0.25) is 4.79 Å². The number of methoxy groups -OCH3 is 1. The van der Waals surface area contributed by atoms with E-state index in [1.54, 1.807) is 7.11 Å². The SMILES string of the molecule is COC1(C)CCCN(C(=O)C2CC(C)CC(N)C2)C1. The molecule has 0 spiro atoms. The molecule has 1 aliphatic carbocycles. The summed E-state index contributed by atoms with van der Waals surface area (Å²) in [7, 11) is 1.74. The highest BCUT2D eigenvalue weighted by Gasteiger charge is 2.37. The number of hydrogen-bond donors (Lipinski definition) is 1. The highest BCUT2D eigenvalue weighted by atomic mass is 16.5. The third-order valence-electron chi connectivity index (χ3n) is 4.79. The van der Waals surface area contributed by atoms with Crippen molar-refractivity contribution in [3.63, 3.8) is 0 Å². The van der Waals surface area contributed by atoms with Crippen LogP contribution in [-0.4, -0.2) is 42.6 Å². The van der Waals surface area contributed by atoms with Crippen molar-refractivity contribution in [2.75, 3.05) is 20.2 Å². The number of piperidine rings is 1. The highest BCUT2D eigenvalue weighted by Crippen LogP contribution is 2.31. The molecule has 2 fully saturated rings. The lowest BCUT2D eigenvalue weighted by molar-refractivity contribution is -0.145. The largest absolute Gasteiger partial charge is 0.377 e. The van der Waals surface area contributed by atoms with E-state index in [1.807, 2.05) is 4.90 Å². The Morgan fingerprint density at radius 2 is 2.11 bits per heavy atom. The molecule has 1 amide bonds. The number of rotatable bonds is 2. The van der Waals surface area contributed by atoms with E-state index in [9.17, 15) is 4.79 Å². The smallest absolute Gasteiger partial charge is 0.225 e. The van der Waals surface area contributed by atoms with Gasteiger partial charge in [-0.2, -0.15) is 0 Å². The molecule has 0 aromatic heterocycles. The molecule has 0 aromatic rings. The van der Waals surface area contributed by atoms with Crippen LogP contribution in [-0.2, 0) is 9.53 Å². The van der Waals surface area contributed by atoms with Crippen molar-refractivity contribution in [2.24, 2.45) is 17.6 Å². The minimum Gasteiger partial charge on any atom is -0.377 e. The van der Waals surface area contributed by atoms with Gasteiger partial charge in [0.1, 0.15) is 0 Å². The summed E-state index contributed by atoms with van der Waals surface area (Å²) in [6.07, 6.45) is 4.97. The average Bonchev–Trinajstić information content (AvgIpc) is 2.37. The molecule has 4 nitrogen and oxygen atoms in total. The molecule has 2 aliphatic rings. The predicted molar refractivity (Wildman–Crippen MR) is 75.7 cm³/mol. The zero-order chi connectivity index (χ0) is 14.0. The van der Waals surface area contributed by atoms with Crippen LogP contribution in [0.2, 0.25) is 0 Å². The lowest BCUT2D eigenvalue weighted by atomic mass is 9.78. The maximum Gasteiger partial charge on any atom is 0.225 e. The number of ether oxygens (including phenoxy) is 1. The average molecular weight is 268 g/mol. The maximum atomic E-state index is 12.7. The van der Waals surface area contributed by atoms with E-state index < -0.39 is 0 Å². The second-order valence-corrected chi connectivity index (χ2v) is 6.79. The summed E-state index contributed by atoms with van der Waals surface area (Å²) in [5, 5.41) is 0. The van der Waals surface area contributed by atoms with E-state index in [1.165, 1.54) is 0 Å². The van der Waals surface area contributed by atoms with Crippen molar-refractivity contribution < 1.29 is 9.53 Å². The molecule has 110 valence electrons. The highest BCUT2D eigenvalue weighted by molar-refractivity contribution is 5.79. The Morgan fingerprint density at radius 1 is 1.37 bits per heavy atom. The van der Waals surface area contributed by atoms with Gasteiger partial charge in [0.25, 0.3) is 0 Å². The Balaban J connectivity index is 1.99. The van der Waals surface area contributed by atoms with Crippen LogP contribution in [0.3, 0.4) is 0 Å². The summed E-state index contributed by atoms with van der Waals surface area (Å²) in [5.74, 6) is 0.985. The van der Waals surface area contributed by atoms with Gasteiger partial charge >= 0.3 is 0 Å². The van der Waals surface area contributed by atoms with Gasteiger partial charge in [0.2, 0.25) is 5.91 Å². The maximum absolute atomic E-state index is 12.7. The molecule has 1 saturated heterocycles. The third kappa shape index (κ3) is 3.48. The van der Waals surface area contributed by atoms with Crippen molar-refractivity contribution >= 4 is 5.91 Å². The van der Waals surface area contributed by atoms with Gasteiger partial charge in [0.15, 0.2) is 0 Å². The van der Waals surface area contributed by atoms with E-state index in [4.69, 9.17) is 10.5 Å². The van der Waals surface area contributed by atoms with Crippen LogP contribution in [0.25, 0.3) is 0 Å². The fraction of sp³-hybridized carbons (Fsp3) is 0.933. The number of likely N-dealkylation sites (tertiary alicyclic amines) is 1. The summed E-state index contributed by atoms with van der Waals surface area (Å²) in [4.78, 5) is 14.7. The standard InChI is InChI=1S/C15H28N2O2/c1-11-7-12(9-13(16)8-11)14(18)17-6-4-5-15(2,10-17)19-3/h11-13H,4-10,16H2,1-3H3. The van der Waals surface area contributed by atoms with Crippen LogP contribution in [0.15, 0.2) is 0 Å². The van der Waals surface area contributed by atoms with Crippen LogP contribution in [0.5, 0.6) is 0 Å². The number of hydrogen-bond acceptors (Lipinski definition) is 3. The molecule has 4 unspecified atom stereocenters. The van der Waals surface area contributed by atoms with E-state index in [2.05, 4.69) is 13.8 Å². The first-order valence-corrected chi connectivity index (χ1v) is 7.53. The first kappa shape index (κ1) is 14.8. The molecule has 1 saturated carbocycles. The number of carbonyl (C=O) groups is 1. The van der Waals surface area contributed by atoms with Gasteiger partial charge in [-0.25, -0.2) is 0 Å². The summed E-state index contributed by atoms with van der Waals surface area (Å²) in [5.41, 5.74) is 5.90. The Hall–Kier alpha value is -0.610. The Labute approximate surface area is 116 Å². The number of nitrogens with zero attached hydrogens (tertiary/aromatic N) is 1. The van der Waals surface area contributed by atoms with Gasteiger partial charge in [0.05, 0.1) is 5.60 Å². The molecule has 4 heteroatoms. The van der Waals surface area contributed by atoms with Crippen molar-refractivity contribution in [2.45, 2.75) is 57.6 Å². The van der Waals surface area contributed by atoms with Crippen LogP contribution >= 0.6 is 0 Å². The third-order valence-corrected chi connectivity index (χ3v) is 4.79. The fourth-order valence-corrected chi connectivity index (χ4v) is 3.68. The van der Waals surface area contributed by atoms with Crippen LogP contribution in [0.1, 0.15) is 46.0 Å². The quantitative estimate of drug-likeness (QED) is 0.830. The van der Waals surface area contributed by atoms with Crippen LogP contribution in [0.4, 0.5) is 0 Å². The molecule has 1 aliphatic heterocycles. The number of amides is 1. The molecule has 2 rings (SSSR count). The molecular formula is C15H28N2O2. The molecule has 0 radical (unpaired) electrons. The molecule has 2 N–H and O–H groups in total. The Kier molecular flexibility index (Phi) is 4.51. The summed E-state index contributed by atoms with van der Waals surface area (Å²) < 4.78 is 5.57. The second kappa shape index (κ2) is 5.80. The van der Waals surface area contributed by atoms with Crippen LogP contribution < -0.4 is 5.73 Å². The van der Waals surface area contributed by atoms with Gasteiger partial charge in [-0.1, -0.05) is 6.92 Å². The minimum atomic E-state index is -0.170. The Bertz CT molecular complexity index is 324. The lowest BCUT2D eigenvalue weighted by Crippen LogP contribution is -2.52. The molecular weight excluding hydrogens is 240 g/mol. The monoisotopic (exact) mass is 268 g/mol. The van der Waals surface area contributed by atoms with E-state index >= 15 is 0 Å². The fourth-order valence-electron chi connectivity index (χ4n) is 3.68. The van der Waals surface area contributed by atoms with E-state index in [0.29, 0.717) is 11.8 Å². The summed E-state index contributed by atoms with van der Waals surface area (Å²) >= 11 is 0. The summed E-state index contributed by atoms with van der Waals surface area (Å²) in [6.45, 7) is 5.90. The van der Waals surface area contributed by atoms with Gasteiger partial charge in [0, 0.05) is 32.2 Å². The first-order valence-electron chi connectivity index (χ1n) is 7.53. The van der Waals surface area contributed by atoms with Gasteiger partial charge in [-0.05, 0) is 44.9 Å². The Morgan fingerprint density at radius 3 is 2.74 bits per heavy atom. The second-order valence-electron chi connectivity index (χ2n) is 6.79. The minimum absolute atomic E-state index is 0.123. The predicted octanol–water partition coefficient (Wildman–Crippen LogP) is 1.78. The normalized spacial score (nSPS) is 40.2. The zero-order valence-corrected chi connectivity index (χ0v) is 12.5. The topological polar surface area (TPSA) is 55.6 Å². The number of nitrogens with two attached hydrogens (primary N) is 1. The molecule has 0 bridgehead atoms. The van der Waals surface area contributed by atoms with Crippen molar-refractivity contribution in [1.82, 2.24) is 4.90 Å². The van der Waals surface area contributed by atoms with Crippen molar-refractivity contribution in [1.29, 1.82) is 0 Å². The molecule has 4 atom stereocenters. The van der Waals surface area contributed by atoms with E-state index in [0.717, 1.165) is 45.2 Å². The van der Waals surface area contributed by atoms with Crippen LogP contribution in [0, 0.1) is 11.8 Å². The van der Waals surface area contributed by atoms with Gasteiger partial charge < -0.3 is 15.4 Å². The molecule has 0 aromatic carbocycles. The zero-order valence-electron chi connectivity index (χ0n) is 12.5. The van der Waals surface area contributed by atoms with E-state index in [-0.39, 0.29) is 17.6 Å². The number of carbonyl (C=O) groups excluding carboxylic acids is 1.